The molecule has 0 aliphatic heterocycles. The first-order valence-corrected chi connectivity index (χ1v) is 14.4. The number of para-hydroxylation sites is 1. The zero-order valence-electron chi connectivity index (χ0n) is 22.7. The molecular formula is C38H28N2O. The summed E-state index contributed by atoms with van der Waals surface area (Å²) in [6, 6.07) is 29.9. The lowest BCUT2D eigenvalue weighted by Crippen LogP contribution is -2.02. The number of rotatable bonds is 4. The van der Waals surface area contributed by atoms with Crippen molar-refractivity contribution in [2.45, 2.75) is 25.7 Å². The number of allylic oxidation sites excluding steroid dienone is 8. The molecule has 0 saturated carbocycles. The van der Waals surface area contributed by atoms with Gasteiger partial charge in [0, 0.05) is 16.3 Å². The minimum atomic E-state index is 0.770. The number of hydrogen-bond donors (Lipinski definition) is 0. The van der Waals surface area contributed by atoms with Crippen LogP contribution in [0.5, 0.6) is 0 Å². The molecule has 4 aromatic carbocycles. The number of nitrogens with zero attached hydrogens (tertiary/aromatic N) is 2. The molecule has 0 radical (unpaired) electrons. The lowest BCUT2D eigenvalue weighted by atomic mass is 9.93. The SMILES string of the molecule is C1=CCCC(c2cc(C3=CCCC=C3)nc(-c3ccc(-c4ccc5oc6ccccc6c5c4)c4ccccc34)n2)=C1. The van der Waals surface area contributed by atoms with Gasteiger partial charge in [-0.1, -0.05) is 91.1 Å². The second kappa shape index (κ2) is 9.87. The summed E-state index contributed by atoms with van der Waals surface area (Å²) in [7, 11) is 0. The number of furan rings is 1. The van der Waals surface area contributed by atoms with Crippen LogP contribution in [0.25, 0.3) is 66.4 Å². The average Bonchev–Trinajstić information content (AvgIpc) is 3.43. The van der Waals surface area contributed by atoms with Gasteiger partial charge < -0.3 is 4.42 Å². The van der Waals surface area contributed by atoms with Crippen LogP contribution in [-0.4, -0.2) is 9.97 Å². The maximum atomic E-state index is 6.10. The lowest BCUT2D eigenvalue weighted by molar-refractivity contribution is 0.669. The first-order valence-electron chi connectivity index (χ1n) is 14.4. The minimum absolute atomic E-state index is 0.770. The van der Waals surface area contributed by atoms with Gasteiger partial charge in [-0.3, -0.25) is 0 Å². The molecule has 0 unspecified atom stereocenters. The van der Waals surface area contributed by atoms with Gasteiger partial charge in [0.05, 0.1) is 11.4 Å². The molecule has 0 saturated heterocycles. The fourth-order valence-corrected chi connectivity index (χ4v) is 6.14. The highest BCUT2D eigenvalue weighted by Gasteiger charge is 2.17. The van der Waals surface area contributed by atoms with Crippen LogP contribution in [0.4, 0.5) is 0 Å². The van der Waals surface area contributed by atoms with Crippen molar-refractivity contribution in [3.63, 3.8) is 0 Å². The normalized spacial score (nSPS) is 15.0. The van der Waals surface area contributed by atoms with Gasteiger partial charge in [-0.05, 0) is 89.1 Å². The monoisotopic (exact) mass is 528 g/mol. The van der Waals surface area contributed by atoms with E-state index >= 15 is 0 Å². The molecule has 0 atom stereocenters. The zero-order chi connectivity index (χ0) is 27.2. The number of fused-ring (bicyclic) bond motifs is 4. The Morgan fingerprint density at radius 1 is 0.610 bits per heavy atom. The second-order valence-corrected chi connectivity index (χ2v) is 10.8. The predicted octanol–water partition coefficient (Wildman–Crippen LogP) is 10.3. The quantitative estimate of drug-likeness (QED) is 0.228. The van der Waals surface area contributed by atoms with Crippen LogP contribution in [0.3, 0.4) is 0 Å². The van der Waals surface area contributed by atoms with Gasteiger partial charge in [-0.25, -0.2) is 9.97 Å². The Hall–Kier alpha value is -5.02. The van der Waals surface area contributed by atoms with E-state index in [0.29, 0.717) is 0 Å². The van der Waals surface area contributed by atoms with Gasteiger partial charge in [0.25, 0.3) is 0 Å². The molecule has 0 spiro atoms. The molecule has 196 valence electrons. The van der Waals surface area contributed by atoms with E-state index in [-0.39, 0.29) is 0 Å². The summed E-state index contributed by atoms with van der Waals surface area (Å²) in [5.74, 6) is 0.770. The maximum Gasteiger partial charge on any atom is 0.161 e. The van der Waals surface area contributed by atoms with E-state index in [1.807, 2.05) is 12.1 Å². The number of benzene rings is 4. The van der Waals surface area contributed by atoms with Crippen LogP contribution < -0.4 is 0 Å². The summed E-state index contributed by atoms with van der Waals surface area (Å²) in [4.78, 5) is 10.3. The molecule has 41 heavy (non-hydrogen) atoms. The summed E-state index contributed by atoms with van der Waals surface area (Å²) in [6.45, 7) is 0. The van der Waals surface area contributed by atoms with E-state index in [9.17, 15) is 0 Å². The van der Waals surface area contributed by atoms with Crippen LogP contribution in [0.2, 0.25) is 0 Å². The average molecular weight is 529 g/mol. The highest BCUT2D eigenvalue weighted by Crippen LogP contribution is 2.38. The summed E-state index contributed by atoms with van der Waals surface area (Å²) < 4.78 is 6.10. The molecule has 3 nitrogen and oxygen atoms in total. The van der Waals surface area contributed by atoms with Crippen molar-refractivity contribution in [3.05, 3.63) is 133 Å². The predicted molar refractivity (Wildman–Crippen MR) is 170 cm³/mol. The summed E-state index contributed by atoms with van der Waals surface area (Å²) in [5, 5.41) is 4.61. The Morgan fingerprint density at radius 2 is 1.39 bits per heavy atom. The first-order chi connectivity index (χ1) is 20.3. The van der Waals surface area contributed by atoms with Crippen molar-refractivity contribution in [2.75, 3.05) is 0 Å². The molecular weight excluding hydrogens is 500 g/mol. The molecule has 2 aliphatic carbocycles. The van der Waals surface area contributed by atoms with Crippen molar-refractivity contribution in [1.82, 2.24) is 9.97 Å². The summed E-state index contributed by atoms with van der Waals surface area (Å²) in [5.41, 5.74) is 9.67. The van der Waals surface area contributed by atoms with Gasteiger partial charge in [0.15, 0.2) is 5.82 Å². The molecule has 8 rings (SSSR count). The third-order valence-corrected chi connectivity index (χ3v) is 8.21. The van der Waals surface area contributed by atoms with E-state index in [1.165, 1.54) is 27.7 Å². The molecule has 0 N–H and O–H groups in total. The van der Waals surface area contributed by atoms with E-state index < -0.39 is 0 Å². The van der Waals surface area contributed by atoms with Gasteiger partial charge >= 0.3 is 0 Å². The van der Waals surface area contributed by atoms with Gasteiger partial charge in [-0.15, -0.1) is 0 Å². The van der Waals surface area contributed by atoms with Gasteiger partial charge in [0.2, 0.25) is 0 Å². The zero-order valence-corrected chi connectivity index (χ0v) is 22.7. The van der Waals surface area contributed by atoms with Crippen molar-refractivity contribution in [1.29, 1.82) is 0 Å². The molecule has 2 aromatic heterocycles. The highest BCUT2D eigenvalue weighted by atomic mass is 16.3. The smallest absolute Gasteiger partial charge is 0.161 e. The van der Waals surface area contributed by atoms with Gasteiger partial charge in [-0.2, -0.15) is 0 Å². The van der Waals surface area contributed by atoms with Crippen LogP contribution in [-0.2, 0) is 0 Å². The first kappa shape index (κ1) is 23.8. The van der Waals surface area contributed by atoms with Crippen LogP contribution in [0.15, 0.2) is 126 Å². The fourth-order valence-electron chi connectivity index (χ4n) is 6.14. The van der Waals surface area contributed by atoms with Crippen molar-refractivity contribution in [2.24, 2.45) is 0 Å². The molecule has 0 fully saturated rings. The standard InChI is InChI=1S/C38H28N2O/c1-3-11-25(12-4-1)34-24-35(26-13-5-2-6-14-26)40-38(39-34)32-21-20-28(29-15-7-8-16-30(29)32)27-19-22-37-33(23-27)31-17-9-10-18-36(31)41-37/h1,3,5,7-11,13-24H,2,4,6,12H2. The van der Waals surface area contributed by atoms with Crippen LogP contribution in [0, 0.1) is 0 Å². The molecule has 0 amide bonds. The van der Waals surface area contributed by atoms with E-state index in [0.717, 1.165) is 75.8 Å². The molecule has 0 bridgehead atoms. The van der Waals surface area contributed by atoms with Crippen molar-refractivity contribution >= 4 is 43.9 Å². The Kier molecular flexibility index (Phi) is 5.74. The Balaban J connectivity index is 1.31. The van der Waals surface area contributed by atoms with Crippen LogP contribution in [0.1, 0.15) is 37.1 Å². The van der Waals surface area contributed by atoms with Crippen molar-refractivity contribution < 1.29 is 4.42 Å². The number of aromatic nitrogens is 2. The molecule has 6 aromatic rings. The molecule has 2 aliphatic rings. The maximum absolute atomic E-state index is 6.10. The Morgan fingerprint density at radius 3 is 2.22 bits per heavy atom. The topological polar surface area (TPSA) is 38.9 Å². The molecule has 3 heteroatoms. The summed E-state index contributed by atoms with van der Waals surface area (Å²) >= 11 is 0. The third kappa shape index (κ3) is 4.22. The van der Waals surface area contributed by atoms with E-state index in [4.69, 9.17) is 14.4 Å². The summed E-state index contributed by atoms with van der Waals surface area (Å²) in [6.07, 6.45) is 17.4. The highest BCUT2D eigenvalue weighted by molar-refractivity contribution is 6.09. The third-order valence-electron chi connectivity index (χ3n) is 8.21. The van der Waals surface area contributed by atoms with E-state index in [2.05, 4.69) is 109 Å². The fraction of sp³-hybridized carbons (Fsp3) is 0.105. The Bertz CT molecular complexity index is 2100. The van der Waals surface area contributed by atoms with Gasteiger partial charge in [0.1, 0.15) is 11.2 Å². The van der Waals surface area contributed by atoms with Crippen LogP contribution >= 0.6 is 0 Å². The van der Waals surface area contributed by atoms with E-state index in [1.54, 1.807) is 0 Å². The van der Waals surface area contributed by atoms with Crippen molar-refractivity contribution in [3.8, 4) is 22.5 Å². The number of hydrogen-bond acceptors (Lipinski definition) is 3. The lowest BCUT2D eigenvalue weighted by Gasteiger charge is -2.16. The molecule has 2 heterocycles. The Labute approximate surface area is 238 Å². The second-order valence-electron chi connectivity index (χ2n) is 10.8. The minimum Gasteiger partial charge on any atom is -0.456 e. The largest absolute Gasteiger partial charge is 0.456 e.